The van der Waals surface area contributed by atoms with Crippen LogP contribution < -0.4 is 15.4 Å². The van der Waals surface area contributed by atoms with Crippen LogP contribution >= 0.6 is 11.3 Å². The summed E-state index contributed by atoms with van der Waals surface area (Å²) in [4.78, 5) is 8.12. The summed E-state index contributed by atoms with van der Waals surface area (Å²) in [5.74, 6) is 1.63. The number of phenolic OH excluding ortho intramolecular Hbond substituents is 1. The van der Waals surface area contributed by atoms with Crippen LogP contribution in [0.4, 0.5) is 0 Å². The average molecular weight is 419 g/mol. The minimum Gasteiger partial charge on any atom is -0.508 e. The lowest BCUT2D eigenvalue weighted by atomic mass is 10.1. The van der Waals surface area contributed by atoms with Gasteiger partial charge in [0.05, 0.1) is 25.9 Å². The molecule has 0 saturated carbocycles. The number of morpholine rings is 1. The van der Waals surface area contributed by atoms with Crippen LogP contribution in [-0.4, -0.2) is 62.5 Å². The van der Waals surface area contributed by atoms with Crippen molar-refractivity contribution in [2.45, 2.75) is 25.6 Å². The van der Waals surface area contributed by atoms with E-state index in [4.69, 9.17) is 9.47 Å². The molecule has 1 aliphatic heterocycles. The fraction of sp³-hybridized carbons (Fsp3) is 0.476. The van der Waals surface area contributed by atoms with Gasteiger partial charge in [0.1, 0.15) is 11.5 Å². The van der Waals surface area contributed by atoms with E-state index in [1.165, 1.54) is 4.88 Å². The van der Waals surface area contributed by atoms with Gasteiger partial charge >= 0.3 is 0 Å². The van der Waals surface area contributed by atoms with Crippen molar-refractivity contribution in [3.05, 3.63) is 46.2 Å². The number of nitrogens with one attached hydrogen (secondary N) is 2. The first-order valence-corrected chi connectivity index (χ1v) is 10.7. The van der Waals surface area contributed by atoms with Gasteiger partial charge in [-0.1, -0.05) is 6.07 Å². The summed E-state index contributed by atoms with van der Waals surface area (Å²) in [5.41, 5.74) is 0.754. The highest BCUT2D eigenvalue weighted by Gasteiger charge is 2.26. The quantitative estimate of drug-likeness (QED) is 0.474. The molecular weight excluding hydrogens is 388 g/mol. The number of aromatic hydroxyl groups is 1. The Morgan fingerprint density at radius 1 is 1.41 bits per heavy atom. The molecule has 2 heterocycles. The molecule has 0 spiro atoms. The number of ether oxygens (including phenoxy) is 2. The second-order valence-corrected chi connectivity index (χ2v) is 7.99. The van der Waals surface area contributed by atoms with Crippen LogP contribution in [0.15, 0.2) is 40.7 Å². The summed E-state index contributed by atoms with van der Waals surface area (Å²) >= 11 is 1.77. The molecule has 1 aromatic heterocycles. The molecule has 7 nitrogen and oxygen atoms in total. The third kappa shape index (κ3) is 5.85. The standard InChI is InChI=1S/C21H30N4O3S/c1-15-14-25(8-9-28-15)18(20-5-4-10-29-20)13-24-21(22-2)23-12-16-11-17(27-3)6-7-19(16)26/h4-7,10-11,15,18,26H,8-9,12-14H2,1-3H3,(H2,22,23,24). The van der Waals surface area contributed by atoms with Crippen LogP contribution in [0, 0.1) is 0 Å². The summed E-state index contributed by atoms with van der Waals surface area (Å²) in [6, 6.07) is 9.72. The minimum atomic E-state index is 0.229. The Kier molecular flexibility index (Phi) is 7.74. The van der Waals surface area contributed by atoms with Gasteiger partial charge in [0.2, 0.25) is 0 Å². The average Bonchev–Trinajstić information content (AvgIpc) is 3.26. The zero-order valence-electron chi connectivity index (χ0n) is 17.2. The largest absolute Gasteiger partial charge is 0.508 e. The molecule has 3 N–H and O–H groups in total. The number of hydrogen-bond acceptors (Lipinski definition) is 6. The number of phenols is 1. The van der Waals surface area contributed by atoms with Crippen molar-refractivity contribution in [2.24, 2.45) is 4.99 Å². The molecule has 29 heavy (non-hydrogen) atoms. The second kappa shape index (κ2) is 10.5. The highest BCUT2D eigenvalue weighted by Crippen LogP contribution is 2.26. The number of aliphatic imine (C=N–C) groups is 1. The first-order chi connectivity index (χ1) is 14.1. The summed E-state index contributed by atoms with van der Waals surface area (Å²) in [5, 5.41) is 18.9. The molecule has 1 aromatic carbocycles. The van der Waals surface area contributed by atoms with Crippen LogP contribution in [0.1, 0.15) is 23.4 Å². The monoisotopic (exact) mass is 418 g/mol. The topological polar surface area (TPSA) is 78.4 Å². The Hall–Kier alpha value is -2.29. The van der Waals surface area contributed by atoms with E-state index in [9.17, 15) is 5.11 Å². The van der Waals surface area contributed by atoms with Gasteiger partial charge in [-0.25, -0.2) is 0 Å². The van der Waals surface area contributed by atoms with Crippen LogP contribution in [0.5, 0.6) is 11.5 Å². The smallest absolute Gasteiger partial charge is 0.191 e. The number of rotatable bonds is 7. The first kappa shape index (κ1) is 21.4. The van der Waals surface area contributed by atoms with Crippen LogP contribution in [0.3, 0.4) is 0 Å². The van der Waals surface area contributed by atoms with Gasteiger partial charge in [0.15, 0.2) is 5.96 Å². The molecule has 2 aromatic rings. The maximum Gasteiger partial charge on any atom is 0.191 e. The van der Waals surface area contributed by atoms with Gasteiger partial charge in [0.25, 0.3) is 0 Å². The Balaban J connectivity index is 1.62. The van der Waals surface area contributed by atoms with Crippen LogP contribution in [-0.2, 0) is 11.3 Å². The van der Waals surface area contributed by atoms with E-state index in [1.54, 1.807) is 37.6 Å². The maximum atomic E-state index is 10.1. The predicted molar refractivity (Wildman–Crippen MR) is 117 cm³/mol. The van der Waals surface area contributed by atoms with Gasteiger partial charge in [-0.15, -0.1) is 11.3 Å². The van der Waals surface area contributed by atoms with E-state index >= 15 is 0 Å². The third-order valence-electron chi connectivity index (χ3n) is 5.00. The van der Waals surface area contributed by atoms with E-state index < -0.39 is 0 Å². The number of thiophene rings is 1. The SMILES string of the molecule is CN=C(NCc1cc(OC)ccc1O)NCC(c1cccs1)N1CCOC(C)C1. The van der Waals surface area contributed by atoms with Crippen molar-refractivity contribution >= 4 is 17.3 Å². The Bertz CT molecular complexity index is 797. The predicted octanol–water partition coefficient (Wildman–Crippen LogP) is 2.59. The molecule has 0 aliphatic carbocycles. The summed E-state index contributed by atoms with van der Waals surface area (Å²) < 4.78 is 11.0. The molecule has 158 valence electrons. The Morgan fingerprint density at radius 2 is 2.28 bits per heavy atom. The van der Waals surface area contributed by atoms with Crippen molar-refractivity contribution in [1.82, 2.24) is 15.5 Å². The third-order valence-corrected chi connectivity index (χ3v) is 5.98. The van der Waals surface area contributed by atoms with E-state index in [2.05, 4.69) is 45.0 Å². The summed E-state index contributed by atoms with van der Waals surface area (Å²) in [6.45, 7) is 5.88. The zero-order chi connectivity index (χ0) is 20.6. The van der Waals surface area contributed by atoms with Gasteiger partial charge in [0, 0.05) is 43.7 Å². The number of nitrogens with zero attached hydrogens (tertiary/aromatic N) is 2. The molecule has 8 heteroatoms. The van der Waals surface area contributed by atoms with E-state index in [-0.39, 0.29) is 17.9 Å². The fourth-order valence-corrected chi connectivity index (χ4v) is 4.30. The molecule has 1 fully saturated rings. The van der Waals surface area contributed by atoms with Gasteiger partial charge in [-0.2, -0.15) is 0 Å². The Labute approximate surface area is 176 Å². The van der Waals surface area contributed by atoms with E-state index in [0.717, 1.165) is 31.8 Å². The van der Waals surface area contributed by atoms with E-state index in [0.29, 0.717) is 18.3 Å². The van der Waals surface area contributed by atoms with Crippen molar-refractivity contribution in [2.75, 3.05) is 40.4 Å². The molecule has 3 rings (SSSR count). The van der Waals surface area contributed by atoms with Crippen molar-refractivity contribution in [1.29, 1.82) is 0 Å². The lowest BCUT2D eigenvalue weighted by Crippen LogP contribution is -2.47. The Morgan fingerprint density at radius 3 is 2.97 bits per heavy atom. The summed E-state index contributed by atoms with van der Waals surface area (Å²) in [7, 11) is 3.36. The lowest BCUT2D eigenvalue weighted by Gasteiger charge is -2.37. The number of guanidine groups is 1. The highest BCUT2D eigenvalue weighted by molar-refractivity contribution is 7.10. The molecular formula is C21H30N4O3S. The molecule has 0 radical (unpaired) electrons. The van der Waals surface area contributed by atoms with E-state index in [1.807, 2.05) is 6.07 Å². The zero-order valence-corrected chi connectivity index (χ0v) is 18.0. The van der Waals surface area contributed by atoms with Crippen molar-refractivity contribution < 1.29 is 14.6 Å². The molecule has 1 saturated heterocycles. The van der Waals surface area contributed by atoms with Gasteiger partial charge in [-0.3, -0.25) is 9.89 Å². The maximum absolute atomic E-state index is 10.1. The lowest BCUT2D eigenvalue weighted by molar-refractivity contribution is -0.0334. The second-order valence-electron chi connectivity index (χ2n) is 7.01. The molecule has 0 bridgehead atoms. The normalized spacial score (nSPS) is 19.0. The first-order valence-electron chi connectivity index (χ1n) is 9.80. The number of benzene rings is 1. The molecule has 1 aliphatic rings. The van der Waals surface area contributed by atoms with Crippen molar-refractivity contribution in [3.63, 3.8) is 0 Å². The molecule has 2 unspecified atom stereocenters. The van der Waals surface area contributed by atoms with Gasteiger partial charge in [-0.05, 0) is 36.6 Å². The fourth-order valence-electron chi connectivity index (χ4n) is 3.44. The summed E-state index contributed by atoms with van der Waals surface area (Å²) in [6.07, 6.45) is 0.236. The highest BCUT2D eigenvalue weighted by atomic mass is 32.1. The molecule has 2 atom stereocenters. The number of hydrogen-bond donors (Lipinski definition) is 3. The van der Waals surface area contributed by atoms with Gasteiger partial charge < -0.3 is 25.2 Å². The molecule has 0 amide bonds. The minimum absolute atomic E-state index is 0.229. The van der Waals surface area contributed by atoms with Crippen LogP contribution in [0.2, 0.25) is 0 Å². The number of methoxy groups -OCH3 is 1. The van der Waals surface area contributed by atoms with Crippen molar-refractivity contribution in [3.8, 4) is 11.5 Å². The van der Waals surface area contributed by atoms with Crippen LogP contribution in [0.25, 0.3) is 0 Å².